The third-order valence-corrected chi connectivity index (χ3v) is 3.09. The van der Waals surface area contributed by atoms with Gasteiger partial charge in [-0.05, 0) is 37.1 Å². The summed E-state index contributed by atoms with van der Waals surface area (Å²) < 4.78 is 45.2. The second-order valence-corrected chi connectivity index (χ2v) is 5.20. The second-order valence-electron chi connectivity index (χ2n) is 5.20. The number of alkyl halides is 3. The van der Waals surface area contributed by atoms with E-state index in [9.17, 15) is 22.8 Å². The minimum Gasteiger partial charge on any atom is -0.484 e. The first-order chi connectivity index (χ1) is 11.8. The molecule has 0 saturated carbocycles. The molecule has 2 N–H and O–H groups in total. The van der Waals surface area contributed by atoms with Gasteiger partial charge in [-0.3, -0.25) is 4.79 Å². The number of rotatable bonds is 9. The van der Waals surface area contributed by atoms with Gasteiger partial charge in [-0.15, -0.1) is 0 Å². The molecule has 25 heavy (non-hydrogen) atoms. The number of carbonyl (C=O) groups is 2. The highest BCUT2D eigenvalue weighted by Crippen LogP contribution is 2.20. The molecule has 0 aliphatic heterocycles. The number of methoxy groups -OCH3 is 1. The van der Waals surface area contributed by atoms with Gasteiger partial charge < -0.3 is 20.1 Å². The Morgan fingerprint density at radius 1 is 1.08 bits per heavy atom. The molecule has 0 bridgehead atoms. The summed E-state index contributed by atoms with van der Waals surface area (Å²) in [5.41, 5.74) is 0.433. The van der Waals surface area contributed by atoms with Crippen molar-refractivity contribution in [1.82, 2.24) is 5.32 Å². The number of halogens is 3. The van der Waals surface area contributed by atoms with Crippen molar-refractivity contribution >= 4 is 17.7 Å². The van der Waals surface area contributed by atoms with Crippen molar-refractivity contribution in [1.29, 1.82) is 0 Å². The summed E-state index contributed by atoms with van der Waals surface area (Å²) in [6.45, 7) is -0.921. The van der Waals surface area contributed by atoms with E-state index < -0.39 is 18.8 Å². The number of esters is 1. The second kappa shape index (κ2) is 10.4. The van der Waals surface area contributed by atoms with E-state index in [4.69, 9.17) is 0 Å². The molecular weight excluding hydrogens is 341 g/mol. The molecule has 0 unspecified atom stereocenters. The number of anilines is 1. The number of hydrogen-bond acceptors (Lipinski definition) is 4. The van der Waals surface area contributed by atoms with E-state index in [0.717, 1.165) is 6.42 Å². The zero-order chi connectivity index (χ0) is 18.7. The first-order valence-electron chi connectivity index (χ1n) is 7.71. The van der Waals surface area contributed by atoms with Crippen molar-refractivity contribution in [3.63, 3.8) is 0 Å². The van der Waals surface area contributed by atoms with Crippen LogP contribution >= 0.6 is 0 Å². The van der Waals surface area contributed by atoms with E-state index in [-0.39, 0.29) is 11.7 Å². The van der Waals surface area contributed by atoms with Gasteiger partial charge in [0.1, 0.15) is 5.75 Å². The molecule has 0 spiro atoms. The highest BCUT2D eigenvalue weighted by Gasteiger charge is 2.28. The lowest BCUT2D eigenvalue weighted by molar-refractivity contribution is -0.153. The van der Waals surface area contributed by atoms with Crippen LogP contribution in [0.2, 0.25) is 0 Å². The summed E-state index contributed by atoms with van der Waals surface area (Å²) in [6.07, 6.45) is -1.86. The molecule has 0 fully saturated rings. The van der Waals surface area contributed by atoms with Gasteiger partial charge in [0.05, 0.1) is 7.11 Å². The van der Waals surface area contributed by atoms with Crippen molar-refractivity contribution in [2.75, 3.05) is 25.6 Å². The molecule has 0 radical (unpaired) electrons. The van der Waals surface area contributed by atoms with Gasteiger partial charge in [-0.1, -0.05) is 6.42 Å². The number of unbranched alkanes of at least 4 members (excludes halogenated alkanes) is 2. The predicted molar refractivity (Wildman–Crippen MR) is 85.5 cm³/mol. The van der Waals surface area contributed by atoms with Gasteiger partial charge in [-0.2, -0.15) is 13.2 Å². The molecule has 6 nitrogen and oxygen atoms in total. The third kappa shape index (κ3) is 10.1. The zero-order valence-corrected chi connectivity index (χ0v) is 13.8. The Labute approximate surface area is 143 Å². The van der Waals surface area contributed by atoms with Gasteiger partial charge >= 0.3 is 18.2 Å². The van der Waals surface area contributed by atoms with Crippen LogP contribution in [0, 0.1) is 0 Å². The van der Waals surface area contributed by atoms with Gasteiger partial charge in [0.15, 0.2) is 6.61 Å². The molecule has 0 aliphatic carbocycles. The molecule has 2 amide bonds. The van der Waals surface area contributed by atoms with Crippen LogP contribution in [-0.4, -0.2) is 38.4 Å². The number of carbonyl (C=O) groups excluding carboxylic acids is 2. The molecule has 0 aromatic heterocycles. The van der Waals surface area contributed by atoms with E-state index >= 15 is 0 Å². The molecule has 1 aromatic carbocycles. The fourth-order valence-electron chi connectivity index (χ4n) is 1.85. The Bertz CT molecular complexity index is 547. The Morgan fingerprint density at radius 3 is 2.36 bits per heavy atom. The van der Waals surface area contributed by atoms with E-state index in [0.29, 0.717) is 31.5 Å². The minimum absolute atomic E-state index is 0.0638. The van der Waals surface area contributed by atoms with Gasteiger partial charge in [0.25, 0.3) is 0 Å². The summed E-state index contributed by atoms with van der Waals surface area (Å²) in [6, 6.07) is 5.16. The molecule has 140 valence electrons. The van der Waals surface area contributed by atoms with Crippen LogP contribution in [0.5, 0.6) is 5.75 Å². The van der Waals surface area contributed by atoms with Crippen LogP contribution in [0.3, 0.4) is 0 Å². The minimum atomic E-state index is -4.40. The van der Waals surface area contributed by atoms with Crippen LogP contribution in [0.25, 0.3) is 0 Å². The maximum atomic E-state index is 12.0. The van der Waals surface area contributed by atoms with E-state index in [1.165, 1.54) is 31.4 Å². The monoisotopic (exact) mass is 362 g/mol. The van der Waals surface area contributed by atoms with Crippen molar-refractivity contribution < 1.29 is 32.2 Å². The summed E-state index contributed by atoms with van der Waals surface area (Å²) in [7, 11) is 1.34. The number of hydrogen-bond donors (Lipinski definition) is 2. The quantitative estimate of drug-likeness (QED) is 0.521. The largest absolute Gasteiger partial charge is 0.484 e. The van der Waals surface area contributed by atoms with E-state index in [1.54, 1.807) is 0 Å². The predicted octanol–water partition coefficient (Wildman–Crippen LogP) is 3.48. The Morgan fingerprint density at radius 2 is 1.76 bits per heavy atom. The van der Waals surface area contributed by atoms with E-state index in [1.807, 2.05) is 0 Å². The molecule has 1 rings (SSSR count). The Kier molecular flexibility index (Phi) is 8.59. The van der Waals surface area contributed by atoms with E-state index in [2.05, 4.69) is 20.1 Å². The number of amides is 2. The fourth-order valence-corrected chi connectivity index (χ4v) is 1.85. The van der Waals surface area contributed by atoms with Crippen LogP contribution in [0.1, 0.15) is 25.7 Å². The lowest BCUT2D eigenvalue weighted by Gasteiger charge is -2.10. The number of urea groups is 1. The Hall–Kier alpha value is -2.45. The highest BCUT2D eigenvalue weighted by molar-refractivity contribution is 5.89. The van der Waals surface area contributed by atoms with Crippen LogP contribution in [0.15, 0.2) is 24.3 Å². The normalized spacial score (nSPS) is 10.9. The molecule has 0 aliphatic rings. The first-order valence-corrected chi connectivity index (χ1v) is 7.71. The molecule has 1 aromatic rings. The fraction of sp³-hybridized carbons (Fsp3) is 0.500. The number of nitrogens with one attached hydrogen (secondary N) is 2. The summed E-state index contributed by atoms with van der Waals surface area (Å²) in [5.74, 6) is -0.192. The first kappa shape index (κ1) is 20.6. The molecule has 0 saturated heterocycles. The van der Waals surface area contributed by atoms with Crippen molar-refractivity contribution in [2.24, 2.45) is 0 Å². The summed E-state index contributed by atoms with van der Waals surface area (Å²) in [5, 5.41) is 5.20. The number of benzene rings is 1. The van der Waals surface area contributed by atoms with Crippen LogP contribution in [0.4, 0.5) is 23.7 Å². The third-order valence-electron chi connectivity index (χ3n) is 3.09. The molecule has 0 atom stereocenters. The zero-order valence-electron chi connectivity index (χ0n) is 13.8. The maximum Gasteiger partial charge on any atom is 0.422 e. The van der Waals surface area contributed by atoms with Gasteiger partial charge in [0, 0.05) is 18.7 Å². The number of ether oxygens (including phenoxy) is 2. The molecule has 0 heterocycles. The SMILES string of the molecule is COC(=O)CCCCCNC(=O)Nc1ccc(OCC(F)(F)F)cc1. The average molecular weight is 362 g/mol. The van der Waals surface area contributed by atoms with Crippen molar-refractivity contribution in [3.8, 4) is 5.75 Å². The summed E-state index contributed by atoms with van der Waals surface area (Å²) >= 11 is 0. The van der Waals surface area contributed by atoms with Crippen molar-refractivity contribution in [2.45, 2.75) is 31.9 Å². The topological polar surface area (TPSA) is 76.7 Å². The smallest absolute Gasteiger partial charge is 0.422 e. The maximum absolute atomic E-state index is 12.0. The standard InChI is InChI=1S/C16H21F3N2O4/c1-24-14(22)5-3-2-4-10-20-15(23)21-12-6-8-13(9-7-12)25-11-16(17,18)19/h6-9H,2-5,10-11H2,1H3,(H2,20,21,23). The average Bonchev–Trinajstić information content (AvgIpc) is 2.56. The van der Waals surface area contributed by atoms with Crippen LogP contribution in [-0.2, 0) is 9.53 Å². The Balaban J connectivity index is 2.20. The molecule has 9 heteroatoms. The van der Waals surface area contributed by atoms with Crippen molar-refractivity contribution in [3.05, 3.63) is 24.3 Å². The lowest BCUT2D eigenvalue weighted by Crippen LogP contribution is -2.29. The van der Waals surface area contributed by atoms with Gasteiger partial charge in [0.2, 0.25) is 0 Å². The molecular formula is C16H21F3N2O4. The van der Waals surface area contributed by atoms with Gasteiger partial charge in [-0.25, -0.2) is 4.79 Å². The summed E-state index contributed by atoms with van der Waals surface area (Å²) in [4.78, 5) is 22.6. The van der Waals surface area contributed by atoms with Crippen LogP contribution < -0.4 is 15.4 Å². The lowest BCUT2D eigenvalue weighted by atomic mass is 10.2. The highest BCUT2D eigenvalue weighted by atomic mass is 19.4.